The molecule has 3 aromatic rings. The summed E-state index contributed by atoms with van der Waals surface area (Å²) < 4.78 is 13.0. The number of amides is 1. The normalized spacial score (nSPS) is 14.8. The standard InChI is InChI=1S/C27H35N3O3/c1-7-33-22-13-10-20(11-14-22)18(2)25-28-23-16-21(30(26(31)32-6)27(3,4)5)12-15-24(23)29(25)17-19-8-9-19/h10-16,18-19H,7-9,17H2,1-6H3. The number of hydrogen-bond acceptors (Lipinski definition) is 4. The van der Waals surface area contributed by atoms with Gasteiger partial charge in [0.2, 0.25) is 0 Å². The summed E-state index contributed by atoms with van der Waals surface area (Å²) in [5.74, 6) is 2.79. The van der Waals surface area contributed by atoms with E-state index < -0.39 is 5.54 Å². The van der Waals surface area contributed by atoms with E-state index in [0.717, 1.165) is 40.8 Å². The van der Waals surface area contributed by atoms with Crippen molar-refractivity contribution < 1.29 is 14.3 Å². The Morgan fingerprint density at radius 1 is 1.18 bits per heavy atom. The molecule has 0 N–H and O–H groups in total. The van der Waals surface area contributed by atoms with E-state index in [-0.39, 0.29) is 12.0 Å². The summed E-state index contributed by atoms with van der Waals surface area (Å²) in [4.78, 5) is 19.3. The first-order chi connectivity index (χ1) is 15.7. The highest BCUT2D eigenvalue weighted by molar-refractivity contribution is 5.92. The van der Waals surface area contributed by atoms with Crippen molar-refractivity contribution in [1.82, 2.24) is 9.55 Å². The van der Waals surface area contributed by atoms with E-state index in [9.17, 15) is 4.79 Å². The van der Waals surface area contributed by atoms with Gasteiger partial charge in [0.25, 0.3) is 0 Å². The van der Waals surface area contributed by atoms with Gasteiger partial charge in [-0.25, -0.2) is 9.78 Å². The van der Waals surface area contributed by atoms with Gasteiger partial charge in [-0.1, -0.05) is 19.1 Å². The van der Waals surface area contributed by atoms with Crippen LogP contribution >= 0.6 is 0 Å². The first-order valence-electron chi connectivity index (χ1n) is 11.8. The Kier molecular flexibility index (Phi) is 6.37. The minimum Gasteiger partial charge on any atom is -0.494 e. The highest BCUT2D eigenvalue weighted by Crippen LogP contribution is 2.36. The van der Waals surface area contributed by atoms with Crippen LogP contribution in [0.25, 0.3) is 11.0 Å². The minimum atomic E-state index is -0.421. The lowest BCUT2D eigenvalue weighted by Gasteiger charge is -2.34. The highest BCUT2D eigenvalue weighted by Gasteiger charge is 2.30. The van der Waals surface area contributed by atoms with Crippen molar-refractivity contribution in [3.63, 3.8) is 0 Å². The maximum absolute atomic E-state index is 12.6. The van der Waals surface area contributed by atoms with Crippen molar-refractivity contribution in [3.05, 3.63) is 53.9 Å². The third-order valence-electron chi connectivity index (χ3n) is 6.26. The molecule has 1 aliphatic rings. The largest absolute Gasteiger partial charge is 0.494 e. The van der Waals surface area contributed by atoms with Crippen LogP contribution in [0, 0.1) is 5.92 Å². The lowest BCUT2D eigenvalue weighted by Crippen LogP contribution is -2.45. The summed E-state index contributed by atoms with van der Waals surface area (Å²) in [6.07, 6.45) is 2.17. The number of fused-ring (bicyclic) bond motifs is 1. The average molecular weight is 450 g/mol. The van der Waals surface area contributed by atoms with Gasteiger partial charge in [0, 0.05) is 23.7 Å². The zero-order chi connectivity index (χ0) is 23.8. The second kappa shape index (κ2) is 9.08. The number of methoxy groups -OCH3 is 1. The number of rotatable bonds is 7. The molecule has 0 spiro atoms. The van der Waals surface area contributed by atoms with Gasteiger partial charge in [0.05, 0.1) is 24.8 Å². The number of carbonyl (C=O) groups excluding carboxylic acids is 1. The summed E-state index contributed by atoms with van der Waals surface area (Å²) >= 11 is 0. The minimum absolute atomic E-state index is 0.134. The van der Waals surface area contributed by atoms with Crippen molar-refractivity contribution in [2.24, 2.45) is 5.92 Å². The van der Waals surface area contributed by atoms with Gasteiger partial charge < -0.3 is 14.0 Å². The monoisotopic (exact) mass is 449 g/mol. The third-order valence-corrected chi connectivity index (χ3v) is 6.26. The van der Waals surface area contributed by atoms with Crippen molar-refractivity contribution in [3.8, 4) is 5.75 Å². The number of benzene rings is 2. The van der Waals surface area contributed by atoms with E-state index in [1.165, 1.54) is 25.5 Å². The van der Waals surface area contributed by atoms with Crippen LogP contribution in [0.4, 0.5) is 10.5 Å². The number of hydrogen-bond donors (Lipinski definition) is 0. The van der Waals surface area contributed by atoms with Crippen molar-refractivity contribution in [2.45, 2.75) is 65.5 Å². The fourth-order valence-corrected chi connectivity index (χ4v) is 4.38. The van der Waals surface area contributed by atoms with Gasteiger partial charge in [-0.2, -0.15) is 0 Å². The van der Waals surface area contributed by atoms with Crippen molar-refractivity contribution >= 4 is 22.8 Å². The second-order valence-corrected chi connectivity index (χ2v) is 9.90. The molecule has 1 heterocycles. The molecule has 1 aromatic heterocycles. The molecule has 0 radical (unpaired) electrons. The Morgan fingerprint density at radius 2 is 1.88 bits per heavy atom. The third kappa shape index (κ3) is 4.85. The Hall–Kier alpha value is -3.02. The Balaban J connectivity index is 1.76. The van der Waals surface area contributed by atoms with Gasteiger partial charge in [0.15, 0.2) is 0 Å². The van der Waals surface area contributed by atoms with Crippen LogP contribution in [0.3, 0.4) is 0 Å². The van der Waals surface area contributed by atoms with Crippen LogP contribution in [0.1, 0.15) is 64.8 Å². The Labute approximate surface area is 196 Å². The number of nitrogens with zero attached hydrogens (tertiary/aromatic N) is 3. The molecule has 6 heteroatoms. The fraction of sp³-hybridized carbons (Fsp3) is 0.481. The molecule has 176 valence electrons. The maximum Gasteiger partial charge on any atom is 0.414 e. The molecule has 0 aliphatic heterocycles. The quantitative estimate of drug-likeness (QED) is 0.421. The maximum atomic E-state index is 12.6. The summed E-state index contributed by atoms with van der Waals surface area (Å²) in [7, 11) is 1.42. The number of carbonyl (C=O) groups is 1. The molecule has 0 bridgehead atoms. The van der Waals surface area contributed by atoms with Crippen LogP contribution in [0.2, 0.25) is 0 Å². The van der Waals surface area contributed by atoms with Crippen LogP contribution in [0.15, 0.2) is 42.5 Å². The summed E-state index contributed by atoms with van der Waals surface area (Å²) in [5, 5.41) is 0. The average Bonchev–Trinajstić information content (AvgIpc) is 3.53. The summed E-state index contributed by atoms with van der Waals surface area (Å²) in [5.41, 5.74) is 3.59. The summed E-state index contributed by atoms with van der Waals surface area (Å²) in [6.45, 7) is 11.8. The van der Waals surface area contributed by atoms with E-state index in [4.69, 9.17) is 14.5 Å². The predicted octanol–water partition coefficient (Wildman–Crippen LogP) is 6.37. The molecule has 1 atom stereocenters. The Morgan fingerprint density at radius 3 is 2.45 bits per heavy atom. The molecule has 1 aliphatic carbocycles. The first-order valence-corrected chi connectivity index (χ1v) is 11.8. The zero-order valence-electron chi connectivity index (χ0n) is 20.6. The van der Waals surface area contributed by atoms with E-state index >= 15 is 0 Å². The van der Waals surface area contributed by atoms with Gasteiger partial charge in [0.1, 0.15) is 11.6 Å². The van der Waals surface area contributed by atoms with E-state index in [1.54, 1.807) is 4.90 Å². The number of imidazole rings is 1. The second-order valence-electron chi connectivity index (χ2n) is 9.90. The van der Waals surface area contributed by atoms with Gasteiger partial charge in [-0.15, -0.1) is 0 Å². The molecule has 6 nitrogen and oxygen atoms in total. The number of anilines is 1. The highest BCUT2D eigenvalue weighted by atomic mass is 16.5. The van der Waals surface area contributed by atoms with Crippen LogP contribution in [-0.4, -0.2) is 34.9 Å². The Bertz CT molecular complexity index is 1120. The van der Waals surface area contributed by atoms with Crippen LogP contribution in [-0.2, 0) is 11.3 Å². The zero-order valence-corrected chi connectivity index (χ0v) is 20.6. The fourth-order valence-electron chi connectivity index (χ4n) is 4.38. The SMILES string of the molecule is CCOc1ccc(C(C)c2nc3cc(N(C(=O)OC)C(C)(C)C)ccc3n2CC2CC2)cc1. The first kappa shape index (κ1) is 23.1. The molecular formula is C27H35N3O3. The van der Waals surface area contributed by atoms with Crippen molar-refractivity contribution in [1.29, 1.82) is 0 Å². The molecule has 2 aromatic carbocycles. The number of aromatic nitrogens is 2. The van der Waals surface area contributed by atoms with E-state index in [1.807, 2.05) is 52.0 Å². The number of ether oxygens (including phenoxy) is 2. The summed E-state index contributed by atoms with van der Waals surface area (Å²) in [6, 6.07) is 14.4. The predicted molar refractivity (Wildman–Crippen MR) is 132 cm³/mol. The molecule has 1 amide bonds. The smallest absolute Gasteiger partial charge is 0.414 e. The van der Waals surface area contributed by atoms with Crippen LogP contribution < -0.4 is 9.64 Å². The lowest BCUT2D eigenvalue weighted by atomic mass is 10.00. The molecule has 1 unspecified atom stereocenters. The van der Waals surface area contributed by atoms with Crippen LogP contribution in [0.5, 0.6) is 5.75 Å². The van der Waals surface area contributed by atoms with E-state index in [0.29, 0.717) is 6.61 Å². The molecule has 33 heavy (non-hydrogen) atoms. The van der Waals surface area contributed by atoms with Gasteiger partial charge >= 0.3 is 6.09 Å². The molecule has 1 saturated carbocycles. The van der Waals surface area contributed by atoms with Gasteiger partial charge in [-0.05, 0) is 82.3 Å². The van der Waals surface area contributed by atoms with E-state index in [2.05, 4.69) is 29.7 Å². The van der Waals surface area contributed by atoms with Crippen molar-refractivity contribution in [2.75, 3.05) is 18.6 Å². The molecular weight excluding hydrogens is 414 g/mol. The topological polar surface area (TPSA) is 56.6 Å². The van der Waals surface area contributed by atoms with Gasteiger partial charge in [-0.3, -0.25) is 4.90 Å². The molecule has 1 fully saturated rings. The molecule has 0 saturated heterocycles. The molecule has 4 rings (SSSR count). The lowest BCUT2D eigenvalue weighted by molar-refractivity contribution is 0.172.